The van der Waals surface area contributed by atoms with E-state index in [1.54, 1.807) is 0 Å². The molecule has 3 aromatic heterocycles. The number of para-hydroxylation sites is 4. The summed E-state index contributed by atoms with van der Waals surface area (Å²) in [5.74, 6) is 0. The van der Waals surface area contributed by atoms with E-state index in [4.69, 9.17) is 13.3 Å². The lowest BCUT2D eigenvalue weighted by Crippen LogP contribution is -2.26. The Morgan fingerprint density at radius 1 is 0.292 bits per heavy atom. The molecule has 4 heteroatoms. The summed E-state index contributed by atoms with van der Waals surface area (Å²) in [7, 11) is 0. The van der Waals surface area contributed by atoms with Crippen molar-refractivity contribution < 1.29 is 13.3 Å². The average Bonchev–Trinajstić information content (AvgIpc) is 4.17. The Morgan fingerprint density at radius 2 is 0.815 bits per heavy atom. The first-order valence-electron chi connectivity index (χ1n) is 22.2. The summed E-state index contributed by atoms with van der Waals surface area (Å²) in [6.45, 7) is 0. The second-order valence-electron chi connectivity index (χ2n) is 17.4. The van der Waals surface area contributed by atoms with E-state index in [-0.39, 0.29) is 0 Å². The summed E-state index contributed by atoms with van der Waals surface area (Å²) >= 11 is 0. The predicted octanol–water partition coefficient (Wildman–Crippen LogP) is 16.9. The third-order valence-electron chi connectivity index (χ3n) is 14.3. The lowest BCUT2D eigenvalue weighted by molar-refractivity contribution is 0.663. The minimum absolute atomic E-state index is 0.514. The number of fused-ring (bicyclic) bond motifs is 20. The predicted molar refractivity (Wildman–Crippen MR) is 265 cm³/mol. The first-order valence-corrected chi connectivity index (χ1v) is 22.2. The van der Waals surface area contributed by atoms with Crippen LogP contribution in [0.15, 0.2) is 226 Å². The van der Waals surface area contributed by atoms with Crippen LogP contribution in [0.1, 0.15) is 22.3 Å². The molecule has 0 radical (unpaired) electrons. The number of hydrogen-bond donors (Lipinski definition) is 0. The van der Waals surface area contributed by atoms with Crippen molar-refractivity contribution in [1.29, 1.82) is 0 Å². The molecule has 0 amide bonds. The monoisotopic (exact) mass is 829 g/mol. The van der Waals surface area contributed by atoms with E-state index in [1.807, 2.05) is 24.3 Å². The molecule has 0 unspecified atom stereocenters. The molecule has 15 rings (SSSR count). The van der Waals surface area contributed by atoms with E-state index in [0.717, 1.165) is 94.0 Å². The maximum absolute atomic E-state index is 7.28. The molecule has 13 aromatic rings. The Balaban J connectivity index is 1.08. The van der Waals surface area contributed by atoms with E-state index >= 15 is 0 Å². The number of anilines is 3. The molecule has 0 atom stereocenters. The molecule has 0 bridgehead atoms. The summed E-state index contributed by atoms with van der Waals surface area (Å²) in [5, 5.41) is 6.32. The third kappa shape index (κ3) is 4.50. The minimum Gasteiger partial charge on any atom is -0.456 e. The van der Waals surface area contributed by atoms with E-state index in [1.165, 1.54) is 44.5 Å². The second kappa shape index (κ2) is 12.7. The highest BCUT2D eigenvalue weighted by Gasteiger charge is 2.51. The molecular weight excluding hydrogens is 795 g/mol. The molecule has 0 saturated carbocycles. The maximum Gasteiger partial charge on any atom is 0.160 e. The van der Waals surface area contributed by atoms with Gasteiger partial charge in [-0.2, -0.15) is 0 Å². The van der Waals surface area contributed by atoms with Crippen LogP contribution in [0, 0.1) is 0 Å². The van der Waals surface area contributed by atoms with Crippen LogP contribution in [-0.4, -0.2) is 0 Å². The fourth-order valence-corrected chi connectivity index (χ4v) is 11.7. The SMILES string of the molecule is c1ccc(N(c2ccc3c(c2)C2(c4ccccc4-c4ccccc42)c2ccccc2-3)c2c(-c3cccc4c3oc3ccccc34)ccc3c2oc2ccc4oc5ccccc5c4c23)cc1. The van der Waals surface area contributed by atoms with Crippen molar-refractivity contribution >= 4 is 82.9 Å². The molecule has 1 spiro atoms. The minimum atomic E-state index is -0.514. The van der Waals surface area contributed by atoms with E-state index < -0.39 is 5.41 Å². The molecule has 10 aromatic carbocycles. The quantitative estimate of drug-likeness (QED) is 0.177. The van der Waals surface area contributed by atoms with Crippen molar-refractivity contribution in [2.24, 2.45) is 0 Å². The Kier molecular flexibility index (Phi) is 6.85. The molecule has 2 aliphatic carbocycles. The molecule has 0 fully saturated rings. The Hall–Kier alpha value is -8.60. The van der Waals surface area contributed by atoms with Crippen LogP contribution in [0.5, 0.6) is 0 Å². The Bertz CT molecular complexity index is 4080. The lowest BCUT2D eigenvalue weighted by atomic mass is 9.70. The van der Waals surface area contributed by atoms with Gasteiger partial charge in [-0.25, -0.2) is 0 Å². The molecular formula is C61H35NO3. The highest BCUT2D eigenvalue weighted by Crippen LogP contribution is 2.63. The first-order chi connectivity index (χ1) is 32.3. The Labute approximate surface area is 372 Å². The molecule has 4 nitrogen and oxygen atoms in total. The highest BCUT2D eigenvalue weighted by atomic mass is 16.3. The topological polar surface area (TPSA) is 42.7 Å². The Morgan fingerprint density at radius 3 is 1.54 bits per heavy atom. The third-order valence-corrected chi connectivity index (χ3v) is 14.3. The maximum atomic E-state index is 7.28. The highest BCUT2D eigenvalue weighted by molar-refractivity contribution is 6.28. The lowest BCUT2D eigenvalue weighted by Gasteiger charge is -2.32. The fraction of sp³-hybridized carbons (Fsp3) is 0.0164. The van der Waals surface area contributed by atoms with Crippen LogP contribution in [0.4, 0.5) is 17.1 Å². The first kappa shape index (κ1) is 34.9. The van der Waals surface area contributed by atoms with Gasteiger partial charge < -0.3 is 18.2 Å². The van der Waals surface area contributed by atoms with Crippen LogP contribution in [0.2, 0.25) is 0 Å². The van der Waals surface area contributed by atoms with Gasteiger partial charge in [0.05, 0.1) is 11.1 Å². The number of furan rings is 3. The van der Waals surface area contributed by atoms with Crippen LogP contribution >= 0.6 is 0 Å². The normalized spacial score (nSPS) is 13.4. The molecule has 0 saturated heterocycles. The number of nitrogens with zero attached hydrogens (tertiary/aromatic N) is 1. The smallest absolute Gasteiger partial charge is 0.160 e. The van der Waals surface area contributed by atoms with Crippen LogP contribution in [-0.2, 0) is 5.41 Å². The van der Waals surface area contributed by atoms with Crippen molar-refractivity contribution in [3.05, 3.63) is 235 Å². The molecule has 0 aliphatic heterocycles. The van der Waals surface area contributed by atoms with Crippen LogP contribution < -0.4 is 4.90 Å². The molecule has 0 N–H and O–H groups in total. The summed E-state index contributed by atoms with van der Waals surface area (Å²) in [5.41, 5.74) is 19.6. The molecule has 65 heavy (non-hydrogen) atoms. The van der Waals surface area contributed by atoms with E-state index in [9.17, 15) is 0 Å². The van der Waals surface area contributed by atoms with Crippen molar-refractivity contribution in [3.8, 4) is 33.4 Å². The summed E-state index contributed by atoms with van der Waals surface area (Å²) in [6, 6.07) is 76.5. The van der Waals surface area contributed by atoms with Gasteiger partial charge in [-0.05, 0) is 99.1 Å². The second-order valence-corrected chi connectivity index (χ2v) is 17.4. The summed E-state index contributed by atoms with van der Waals surface area (Å²) in [6.07, 6.45) is 0. The summed E-state index contributed by atoms with van der Waals surface area (Å²) in [4.78, 5) is 2.41. The standard InChI is InChI=1S/C61H35NO3/c1-2-15-36(16-3-1)62(37-29-30-41-40-19-6-11-26-50(40)61(51(41)35-37)48-24-9-4-17-38(48)39-18-5-10-25-49(39)61)58-43(45-23-14-22-44-42-20-7-12-27-52(42)64-59(44)45)31-32-47-57-55(65-60(47)58)34-33-54-56(57)46-21-8-13-28-53(46)63-54/h1-35H. The average molecular weight is 830 g/mol. The molecule has 2 aliphatic rings. The zero-order chi connectivity index (χ0) is 42.4. The number of hydrogen-bond acceptors (Lipinski definition) is 4. The van der Waals surface area contributed by atoms with E-state index in [0.29, 0.717) is 0 Å². The van der Waals surface area contributed by atoms with Gasteiger partial charge in [0, 0.05) is 54.8 Å². The number of benzene rings is 10. The zero-order valence-electron chi connectivity index (χ0n) is 34.9. The van der Waals surface area contributed by atoms with Crippen LogP contribution in [0.25, 0.3) is 99.2 Å². The van der Waals surface area contributed by atoms with Crippen LogP contribution in [0.3, 0.4) is 0 Å². The van der Waals surface area contributed by atoms with Gasteiger partial charge >= 0.3 is 0 Å². The van der Waals surface area contributed by atoms with Crippen molar-refractivity contribution in [2.45, 2.75) is 5.41 Å². The molecule has 302 valence electrons. The summed E-state index contributed by atoms with van der Waals surface area (Å²) < 4.78 is 20.6. The van der Waals surface area contributed by atoms with Gasteiger partial charge in [-0.3, -0.25) is 0 Å². The van der Waals surface area contributed by atoms with Crippen molar-refractivity contribution in [2.75, 3.05) is 4.90 Å². The fourth-order valence-electron chi connectivity index (χ4n) is 11.7. The molecule has 3 heterocycles. The number of rotatable bonds is 4. The van der Waals surface area contributed by atoms with Gasteiger partial charge in [0.25, 0.3) is 0 Å². The van der Waals surface area contributed by atoms with Crippen molar-refractivity contribution in [3.63, 3.8) is 0 Å². The van der Waals surface area contributed by atoms with Gasteiger partial charge in [-0.15, -0.1) is 0 Å². The van der Waals surface area contributed by atoms with Gasteiger partial charge in [0.2, 0.25) is 0 Å². The van der Waals surface area contributed by atoms with Gasteiger partial charge in [-0.1, -0.05) is 158 Å². The zero-order valence-corrected chi connectivity index (χ0v) is 34.9. The van der Waals surface area contributed by atoms with E-state index in [2.05, 4.69) is 193 Å². The largest absolute Gasteiger partial charge is 0.456 e. The van der Waals surface area contributed by atoms with Crippen molar-refractivity contribution in [1.82, 2.24) is 0 Å². The van der Waals surface area contributed by atoms with Gasteiger partial charge in [0.1, 0.15) is 27.9 Å². The van der Waals surface area contributed by atoms with Gasteiger partial charge in [0.15, 0.2) is 5.58 Å².